The first-order chi connectivity index (χ1) is 8.45. The Hall–Kier alpha value is -0.643. The molecular weight excluding hydrogens is 247 g/mol. The van der Waals surface area contributed by atoms with Crippen LogP contribution in [0.4, 0.5) is 4.11 Å². The zero-order valence-corrected chi connectivity index (χ0v) is 13.0. The second kappa shape index (κ2) is 10.3. The highest BCUT2D eigenvalue weighted by atomic mass is 28.4. The summed E-state index contributed by atoms with van der Waals surface area (Å²) >= 11 is 0. The van der Waals surface area contributed by atoms with Crippen LogP contribution in [0.15, 0.2) is 12.2 Å². The van der Waals surface area contributed by atoms with Crippen LogP contribution in [0.5, 0.6) is 0 Å². The smallest absolute Gasteiger partial charge is 0.330 e. The van der Waals surface area contributed by atoms with Gasteiger partial charge in [0, 0.05) is 6.08 Å². The zero-order chi connectivity index (χ0) is 13.9. The van der Waals surface area contributed by atoms with E-state index in [9.17, 15) is 8.90 Å². The Labute approximate surface area is 112 Å². The molecule has 0 saturated carbocycles. The van der Waals surface area contributed by atoms with Crippen LogP contribution in [-0.2, 0) is 9.53 Å². The fraction of sp³-hybridized carbons (Fsp3) is 0.786. The number of carbonyl (C=O) groups excluding carboxylic acids is 1. The summed E-state index contributed by atoms with van der Waals surface area (Å²) < 4.78 is 18.3. The molecule has 0 rings (SSSR count). The van der Waals surface area contributed by atoms with E-state index >= 15 is 0 Å². The number of unbranched alkanes of at least 4 members (excludes halogenated alkanes) is 5. The largest absolute Gasteiger partial charge is 0.463 e. The molecule has 0 unspecified atom stereocenters. The van der Waals surface area contributed by atoms with Crippen molar-refractivity contribution in [2.24, 2.45) is 0 Å². The van der Waals surface area contributed by atoms with Gasteiger partial charge in [-0.05, 0) is 32.5 Å². The van der Waals surface area contributed by atoms with E-state index in [1.165, 1.54) is 6.08 Å². The molecule has 106 valence electrons. The number of ether oxygens (including phenoxy) is 1. The van der Waals surface area contributed by atoms with E-state index in [1.807, 2.05) is 0 Å². The predicted molar refractivity (Wildman–Crippen MR) is 76.9 cm³/mol. The summed E-state index contributed by atoms with van der Waals surface area (Å²) in [6.45, 7) is 5.84. The topological polar surface area (TPSA) is 26.3 Å². The molecule has 2 nitrogen and oxygen atoms in total. The third kappa shape index (κ3) is 13.4. The first-order valence-corrected chi connectivity index (χ1v) is 10.0. The maximum Gasteiger partial charge on any atom is 0.330 e. The molecular formula is C14H27FO2Si. The Bertz CT molecular complexity index is 247. The lowest BCUT2D eigenvalue weighted by Crippen LogP contribution is -2.16. The molecule has 0 N–H and O–H groups in total. The average molecular weight is 274 g/mol. The van der Waals surface area contributed by atoms with Crippen LogP contribution >= 0.6 is 0 Å². The number of hydrogen-bond acceptors (Lipinski definition) is 2. The summed E-state index contributed by atoms with van der Waals surface area (Å²) in [6, 6.07) is 0.786. The molecule has 0 aliphatic carbocycles. The monoisotopic (exact) mass is 274 g/mol. The van der Waals surface area contributed by atoms with Crippen LogP contribution in [0.2, 0.25) is 19.1 Å². The lowest BCUT2D eigenvalue weighted by molar-refractivity contribution is -0.137. The first-order valence-electron chi connectivity index (χ1n) is 6.94. The molecule has 0 aromatic carbocycles. The van der Waals surface area contributed by atoms with Crippen LogP contribution in [0.1, 0.15) is 45.4 Å². The van der Waals surface area contributed by atoms with Gasteiger partial charge in [0.2, 0.25) is 8.41 Å². The van der Waals surface area contributed by atoms with Gasteiger partial charge in [-0.2, -0.15) is 0 Å². The standard InChI is InChI=1S/C14H27FO2Si/c1-4-11-14(16)17-12-9-7-5-6-8-10-13-18(2,3)15/h4,11H,5-10,12-13H2,1-3H3. The number of allylic oxidation sites excluding steroid dienone is 1. The zero-order valence-electron chi connectivity index (χ0n) is 12.0. The van der Waals surface area contributed by atoms with Gasteiger partial charge in [-0.25, -0.2) is 4.79 Å². The van der Waals surface area contributed by atoms with Crippen molar-refractivity contribution in [2.75, 3.05) is 6.61 Å². The minimum atomic E-state index is -2.32. The van der Waals surface area contributed by atoms with Crippen molar-refractivity contribution in [3.05, 3.63) is 12.2 Å². The minimum Gasteiger partial charge on any atom is -0.463 e. The number of rotatable bonds is 10. The third-order valence-corrected chi connectivity index (χ3v) is 4.26. The quantitative estimate of drug-likeness (QED) is 0.191. The SMILES string of the molecule is CC=CC(=O)OCCCCCCCC[Si](C)(C)F. The van der Waals surface area contributed by atoms with E-state index < -0.39 is 8.41 Å². The Morgan fingerprint density at radius 2 is 1.67 bits per heavy atom. The summed E-state index contributed by atoms with van der Waals surface area (Å²) in [5, 5.41) is 0. The molecule has 0 bridgehead atoms. The van der Waals surface area contributed by atoms with Gasteiger partial charge in [-0.3, -0.25) is 0 Å². The normalized spacial score (nSPS) is 12.0. The van der Waals surface area contributed by atoms with Crippen molar-refractivity contribution in [1.29, 1.82) is 0 Å². The lowest BCUT2D eigenvalue weighted by atomic mass is 10.1. The molecule has 0 radical (unpaired) electrons. The van der Waals surface area contributed by atoms with Crippen molar-refractivity contribution in [1.82, 2.24) is 0 Å². The average Bonchev–Trinajstić information content (AvgIpc) is 2.25. The molecule has 18 heavy (non-hydrogen) atoms. The highest BCUT2D eigenvalue weighted by Gasteiger charge is 2.18. The minimum absolute atomic E-state index is 0.257. The van der Waals surface area contributed by atoms with Crippen LogP contribution < -0.4 is 0 Å². The molecule has 0 aromatic heterocycles. The van der Waals surface area contributed by atoms with Crippen LogP contribution in [0.25, 0.3) is 0 Å². The van der Waals surface area contributed by atoms with Gasteiger partial charge < -0.3 is 8.84 Å². The van der Waals surface area contributed by atoms with Crippen LogP contribution in [0.3, 0.4) is 0 Å². The van der Waals surface area contributed by atoms with Crippen molar-refractivity contribution in [3.8, 4) is 0 Å². The van der Waals surface area contributed by atoms with Crippen LogP contribution in [0, 0.1) is 0 Å². The predicted octanol–water partition coefficient (Wildman–Crippen LogP) is 4.62. The Morgan fingerprint density at radius 3 is 2.22 bits per heavy atom. The molecule has 0 heterocycles. The van der Waals surface area contributed by atoms with E-state index in [4.69, 9.17) is 4.74 Å². The highest BCUT2D eigenvalue weighted by molar-refractivity contribution is 6.70. The molecule has 0 aliphatic heterocycles. The Morgan fingerprint density at radius 1 is 1.11 bits per heavy atom. The van der Waals surface area contributed by atoms with Crippen molar-refractivity contribution in [3.63, 3.8) is 0 Å². The molecule has 0 aliphatic rings. The summed E-state index contributed by atoms with van der Waals surface area (Å²) in [6.07, 6.45) is 9.57. The van der Waals surface area contributed by atoms with E-state index in [0.717, 1.165) is 44.6 Å². The Kier molecular flexibility index (Phi) is 9.93. The molecule has 0 saturated heterocycles. The van der Waals surface area contributed by atoms with Gasteiger partial charge in [0.05, 0.1) is 6.61 Å². The second-order valence-electron chi connectivity index (χ2n) is 5.26. The van der Waals surface area contributed by atoms with E-state index in [0.29, 0.717) is 6.61 Å². The summed E-state index contributed by atoms with van der Waals surface area (Å²) in [7, 11) is -2.32. The van der Waals surface area contributed by atoms with Gasteiger partial charge >= 0.3 is 5.97 Å². The molecule has 4 heteroatoms. The fourth-order valence-corrected chi connectivity index (χ4v) is 2.80. The number of esters is 1. The maximum atomic E-state index is 13.3. The van der Waals surface area contributed by atoms with E-state index in [2.05, 4.69) is 0 Å². The van der Waals surface area contributed by atoms with E-state index in [1.54, 1.807) is 26.1 Å². The van der Waals surface area contributed by atoms with Crippen molar-refractivity contribution in [2.45, 2.75) is 64.6 Å². The highest BCUT2D eigenvalue weighted by Crippen LogP contribution is 2.16. The number of hydrogen-bond donors (Lipinski definition) is 0. The molecule has 0 aromatic rings. The van der Waals surface area contributed by atoms with Gasteiger partial charge in [0.25, 0.3) is 0 Å². The van der Waals surface area contributed by atoms with Gasteiger partial charge in [0.15, 0.2) is 0 Å². The maximum absolute atomic E-state index is 13.3. The fourth-order valence-electron chi connectivity index (χ4n) is 1.71. The first kappa shape index (κ1) is 17.4. The lowest BCUT2D eigenvalue weighted by Gasteiger charge is -2.09. The number of halogens is 1. The molecule has 0 fully saturated rings. The molecule has 0 amide bonds. The second-order valence-corrected chi connectivity index (χ2v) is 9.19. The van der Waals surface area contributed by atoms with Gasteiger partial charge in [-0.15, -0.1) is 0 Å². The summed E-state index contributed by atoms with van der Waals surface area (Å²) in [5.74, 6) is -0.257. The van der Waals surface area contributed by atoms with Crippen LogP contribution in [-0.4, -0.2) is 21.0 Å². The summed E-state index contributed by atoms with van der Waals surface area (Å²) in [4.78, 5) is 11.0. The van der Waals surface area contributed by atoms with Crippen molar-refractivity contribution >= 4 is 14.4 Å². The van der Waals surface area contributed by atoms with Gasteiger partial charge in [0.1, 0.15) is 0 Å². The number of carbonyl (C=O) groups is 1. The Balaban J connectivity index is 3.19. The third-order valence-electron chi connectivity index (χ3n) is 2.71. The van der Waals surface area contributed by atoms with Gasteiger partial charge in [-0.1, -0.05) is 38.2 Å². The molecule has 0 atom stereocenters. The van der Waals surface area contributed by atoms with E-state index in [-0.39, 0.29) is 5.97 Å². The molecule has 0 spiro atoms. The summed E-state index contributed by atoms with van der Waals surface area (Å²) in [5.41, 5.74) is 0. The van der Waals surface area contributed by atoms with Crippen molar-refractivity contribution < 1.29 is 13.6 Å².